The van der Waals surface area contributed by atoms with Crippen LogP contribution >= 0.6 is 0 Å². The molecule has 2 amide bonds. The Kier molecular flexibility index (Phi) is 5.01. The van der Waals surface area contributed by atoms with E-state index in [1.807, 2.05) is 0 Å². The molecule has 7 nitrogen and oxygen atoms in total. The summed E-state index contributed by atoms with van der Waals surface area (Å²) in [6, 6.07) is 10.9. The molecule has 2 fully saturated rings. The van der Waals surface area contributed by atoms with Gasteiger partial charge in [-0.15, -0.1) is 0 Å². The second-order valence-electron chi connectivity index (χ2n) is 8.61. The van der Waals surface area contributed by atoms with E-state index in [0.29, 0.717) is 18.6 Å². The van der Waals surface area contributed by atoms with Gasteiger partial charge in [0.1, 0.15) is 12.5 Å². The van der Waals surface area contributed by atoms with Crippen LogP contribution in [0.25, 0.3) is 0 Å². The smallest absolute Gasteiger partial charge is 0.329 e. The predicted molar refractivity (Wildman–Crippen MR) is 111 cm³/mol. The topological polar surface area (TPSA) is 60.4 Å². The molecule has 0 bridgehead atoms. The van der Waals surface area contributed by atoms with Crippen molar-refractivity contribution in [2.45, 2.75) is 32.4 Å². The number of nitrogens with zero attached hydrogens (tertiary/aromatic N) is 4. The molecule has 0 aromatic heterocycles. The number of rotatable bonds is 4. The van der Waals surface area contributed by atoms with E-state index in [9.17, 15) is 4.79 Å². The fourth-order valence-electron chi connectivity index (χ4n) is 4.89. The lowest BCUT2D eigenvalue weighted by molar-refractivity contribution is 0.0459. The monoisotopic (exact) mass is 395 g/mol. The van der Waals surface area contributed by atoms with Crippen molar-refractivity contribution in [3.05, 3.63) is 47.9 Å². The third kappa shape index (κ3) is 3.76. The van der Waals surface area contributed by atoms with Gasteiger partial charge in [-0.1, -0.05) is 37.3 Å². The van der Waals surface area contributed by atoms with Crippen molar-refractivity contribution in [3.8, 4) is 0 Å². The van der Waals surface area contributed by atoms with Crippen LogP contribution in [0.4, 0.5) is 4.79 Å². The summed E-state index contributed by atoms with van der Waals surface area (Å²) in [6.45, 7) is 7.31. The zero-order chi connectivity index (χ0) is 19.8. The number of aliphatic imine (C=N–C) groups is 1. The predicted octanol–water partition coefficient (Wildman–Crippen LogP) is 2.43. The minimum absolute atomic E-state index is 0.0514. The molecule has 1 aromatic carbocycles. The standard InChI is InChI=1S/C22H29N5O2/c1-16-11-25(12-17-5-3-2-4-6-17)13-19(16)21-23-20-14-26(15-27(20)22(28)24-21)18-7-9-29-10-8-18/h2-6,14,16,18-19H,7-13,15H2,1H3,(H,23,24,28)/t16-,19-/m1/s1. The van der Waals surface area contributed by atoms with Gasteiger partial charge in [-0.25, -0.2) is 9.79 Å². The second kappa shape index (κ2) is 7.80. The first-order valence-corrected chi connectivity index (χ1v) is 10.7. The lowest BCUT2D eigenvalue weighted by atomic mass is 9.96. The molecule has 0 radical (unpaired) electrons. The lowest BCUT2D eigenvalue weighted by Gasteiger charge is -2.32. The fraction of sp³-hybridized carbons (Fsp3) is 0.545. The fourth-order valence-corrected chi connectivity index (χ4v) is 4.89. The molecule has 154 valence electrons. The van der Waals surface area contributed by atoms with E-state index in [-0.39, 0.29) is 11.9 Å². The van der Waals surface area contributed by atoms with Crippen molar-refractivity contribution in [1.82, 2.24) is 20.0 Å². The first-order chi connectivity index (χ1) is 14.2. The normalized spacial score (nSPS) is 28.2. The summed E-state index contributed by atoms with van der Waals surface area (Å²) in [5.41, 5.74) is 1.33. The summed E-state index contributed by atoms with van der Waals surface area (Å²) < 4.78 is 5.48. The highest BCUT2D eigenvalue weighted by Crippen LogP contribution is 2.30. The Morgan fingerprint density at radius 3 is 2.76 bits per heavy atom. The SMILES string of the molecule is C[C@@H]1CN(Cc2ccccc2)C[C@H]1C1=NC2=CN(C3CCOCC3)CN2C(=O)N1. The first kappa shape index (κ1) is 18.6. The molecular formula is C22H29N5O2. The number of amides is 2. The molecule has 2 saturated heterocycles. The maximum absolute atomic E-state index is 12.8. The number of fused-ring (bicyclic) bond motifs is 1. The minimum Gasteiger partial charge on any atom is -0.381 e. The van der Waals surface area contributed by atoms with Crippen LogP contribution in [-0.2, 0) is 11.3 Å². The zero-order valence-electron chi connectivity index (χ0n) is 17.0. The third-order valence-electron chi connectivity index (χ3n) is 6.53. The van der Waals surface area contributed by atoms with Crippen molar-refractivity contribution in [1.29, 1.82) is 0 Å². The van der Waals surface area contributed by atoms with Crippen LogP contribution in [-0.4, -0.2) is 65.6 Å². The number of carbonyl (C=O) groups is 1. The van der Waals surface area contributed by atoms with Crippen molar-refractivity contribution < 1.29 is 9.53 Å². The van der Waals surface area contributed by atoms with E-state index in [1.165, 1.54) is 5.56 Å². The van der Waals surface area contributed by atoms with E-state index in [1.54, 1.807) is 4.90 Å². The van der Waals surface area contributed by atoms with Gasteiger partial charge < -0.3 is 9.64 Å². The van der Waals surface area contributed by atoms with Gasteiger partial charge in [0.2, 0.25) is 0 Å². The number of hydrogen-bond acceptors (Lipinski definition) is 5. The molecule has 4 heterocycles. The van der Waals surface area contributed by atoms with Crippen LogP contribution in [0.15, 0.2) is 47.3 Å². The Balaban J connectivity index is 1.30. The number of carbonyl (C=O) groups excluding carboxylic acids is 1. The summed E-state index contributed by atoms with van der Waals surface area (Å²) in [7, 11) is 0. The maximum Gasteiger partial charge on any atom is 0.329 e. The second-order valence-corrected chi connectivity index (χ2v) is 8.61. The number of likely N-dealkylation sites (tertiary alicyclic amines) is 1. The molecule has 0 spiro atoms. The van der Waals surface area contributed by atoms with Gasteiger partial charge in [0.05, 0.1) is 0 Å². The van der Waals surface area contributed by atoms with Crippen LogP contribution in [0.1, 0.15) is 25.3 Å². The summed E-state index contributed by atoms with van der Waals surface area (Å²) in [5.74, 6) is 2.32. The largest absolute Gasteiger partial charge is 0.381 e. The van der Waals surface area contributed by atoms with E-state index < -0.39 is 0 Å². The van der Waals surface area contributed by atoms with Crippen molar-refractivity contribution >= 4 is 11.9 Å². The molecule has 2 atom stereocenters. The van der Waals surface area contributed by atoms with Crippen LogP contribution in [0, 0.1) is 11.8 Å². The van der Waals surface area contributed by atoms with E-state index in [0.717, 1.165) is 57.3 Å². The van der Waals surface area contributed by atoms with Gasteiger partial charge in [-0.2, -0.15) is 0 Å². The molecule has 1 N–H and O–H groups in total. The molecule has 0 unspecified atom stereocenters. The van der Waals surface area contributed by atoms with Crippen molar-refractivity contribution in [2.24, 2.45) is 16.8 Å². The van der Waals surface area contributed by atoms with Crippen LogP contribution in [0.2, 0.25) is 0 Å². The molecule has 1 aromatic rings. The van der Waals surface area contributed by atoms with Crippen molar-refractivity contribution in [3.63, 3.8) is 0 Å². The van der Waals surface area contributed by atoms with Crippen LogP contribution in [0.3, 0.4) is 0 Å². The minimum atomic E-state index is -0.0514. The van der Waals surface area contributed by atoms with Crippen LogP contribution in [0.5, 0.6) is 0 Å². The number of urea groups is 1. The molecular weight excluding hydrogens is 366 g/mol. The molecule has 5 rings (SSSR count). The lowest BCUT2D eigenvalue weighted by Crippen LogP contribution is -2.50. The number of amidine groups is 1. The Morgan fingerprint density at radius 1 is 1.17 bits per heavy atom. The van der Waals surface area contributed by atoms with E-state index in [2.05, 4.69) is 58.6 Å². The number of nitrogens with one attached hydrogen (secondary N) is 1. The molecule has 0 aliphatic carbocycles. The van der Waals surface area contributed by atoms with E-state index >= 15 is 0 Å². The zero-order valence-corrected chi connectivity index (χ0v) is 17.0. The van der Waals surface area contributed by atoms with Gasteiger partial charge in [0.15, 0.2) is 5.82 Å². The number of ether oxygens (including phenoxy) is 1. The third-order valence-corrected chi connectivity index (χ3v) is 6.53. The quantitative estimate of drug-likeness (QED) is 0.851. The first-order valence-electron chi connectivity index (χ1n) is 10.7. The summed E-state index contributed by atoms with van der Waals surface area (Å²) in [6.07, 6.45) is 4.07. The molecule has 7 heteroatoms. The Hall–Kier alpha value is -2.38. The maximum atomic E-state index is 12.8. The van der Waals surface area contributed by atoms with Gasteiger partial charge in [0, 0.05) is 51.0 Å². The highest BCUT2D eigenvalue weighted by atomic mass is 16.5. The average molecular weight is 396 g/mol. The van der Waals surface area contributed by atoms with Gasteiger partial charge >= 0.3 is 6.03 Å². The molecule has 29 heavy (non-hydrogen) atoms. The highest BCUT2D eigenvalue weighted by Gasteiger charge is 2.39. The number of hydrogen-bond donors (Lipinski definition) is 1. The molecule has 4 aliphatic rings. The molecule has 0 saturated carbocycles. The average Bonchev–Trinajstić information content (AvgIpc) is 3.33. The summed E-state index contributed by atoms with van der Waals surface area (Å²) in [4.78, 5) is 24.1. The van der Waals surface area contributed by atoms with Crippen LogP contribution < -0.4 is 5.32 Å². The van der Waals surface area contributed by atoms with E-state index in [4.69, 9.17) is 9.73 Å². The Bertz CT molecular complexity index is 818. The molecule has 4 aliphatic heterocycles. The summed E-state index contributed by atoms with van der Waals surface area (Å²) >= 11 is 0. The Labute approximate surface area is 172 Å². The summed E-state index contributed by atoms with van der Waals surface area (Å²) in [5, 5.41) is 3.09. The van der Waals surface area contributed by atoms with Crippen molar-refractivity contribution in [2.75, 3.05) is 33.0 Å². The van der Waals surface area contributed by atoms with Gasteiger partial charge in [-0.3, -0.25) is 15.1 Å². The highest BCUT2D eigenvalue weighted by molar-refractivity contribution is 6.02. The number of benzene rings is 1. The van der Waals surface area contributed by atoms with Gasteiger partial charge in [0.25, 0.3) is 0 Å². The Morgan fingerprint density at radius 2 is 1.97 bits per heavy atom. The van der Waals surface area contributed by atoms with Gasteiger partial charge in [-0.05, 0) is 24.3 Å².